The van der Waals surface area contributed by atoms with E-state index < -0.39 is 0 Å². The quantitative estimate of drug-likeness (QED) is 0.639. The minimum Gasteiger partial charge on any atom is -0.351 e. The normalized spacial score (nSPS) is 23.1. The number of nitrogens with zero attached hydrogens (tertiary/aromatic N) is 1. The summed E-state index contributed by atoms with van der Waals surface area (Å²) in [5.41, 5.74) is 10.6. The standard InChI is InChI=1S/C8H17N3O/c9-5-1-3-7-4-2-6-11(7)8(10)12/h7H,1-6,9H2,(H2,10,12). The van der Waals surface area contributed by atoms with Crippen molar-refractivity contribution < 1.29 is 4.79 Å². The summed E-state index contributed by atoms with van der Waals surface area (Å²) in [6, 6.07) is 0.0700. The molecule has 0 aromatic rings. The Morgan fingerprint density at radius 2 is 2.33 bits per heavy atom. The summed E-state index contributed by atoms with van der Waals surface area (Å²) in [6.45, 7) is 1.52. The van der Waals surface area contributed by atoms with Crippen molar-refractivity contribution in [3.05, 3.63) is 0 Å². The number of rotatable bonds is 3. The van der Waals surface area contributed by atoms with Gasteiger partial charge in [-0.25, -0.2) is 4.79 Å². The van der Waals surface area contributed by atoms with Gasteiger partial charge in [-0.05, 0) is 32.2 Å². The van der Waals surface area contributed by atoms with Crippen LogP contribution in [0.4, 0.5) is 4.79 Å². The average molecular weight is 171 g/mol. The molecule has 1 aliphatic heterocycles. The van der Waals surface area contributed by atoms with E-state index in [9.17, 15) is 4.79 Å². The van der Waals surface area contributed by atoms with Crippen LogP contribution in [-0.2, 0) is 0 Å². The molecule has 1 atom stereocenters. The first-order valence-electron chi connectivity index (χ1n) is 4.52. The summed E-state index contributed by atoms with van der Waals surface area (Å²) < 4.78 is 0. The van der Waals surface area contributed by atoms with Crippen LogP contribution in [-0.4, -0.2) is 30.1 Å². The summed E-state index contributed by atoms with van der Waals surface area (Å²) >= 11 is 0. The lowest BCUT2D eigenvalue weighted by Crippen LogP contribution is -2.39. The van der Waals surface area contributed by atoms with Crippen LogP contribution in [0.2, 0.25) is 0 Å². The van der Waals surface area contributed by atoms with Crippen molar-refractivity contribution >= 4 is 6.03 Å². The molecular formula is C8H17N3O. The van der Waals surface area contributed by atoms with Gasteiger partial charge in [-0.15, -0.1) is 0 Å². The first-order valence-corrected chi connectivity index (χ1v) is 4.52. The number of urea groups is 1. The molecule has 4 heteroatoms. The zero-order chi connectivity index (χ0) is 8.97. The zero-order valence-corrected chi connectivity index (χ0v) is 7.33. The molecule has 4 N–H and O–H groups in total. The average Bonchev–Trinajstić information content (AvgIpc) is 2.48. The third kappa shape index (κ3) is 2.11. The van der Waals surface area contributed by atoms with Crippen LogP contribution in [0.25, 0.3) is 0 Å². The smallest absolute Gasteiger partial charge is 0.315 e. The van der Waals surface area contributed by atoms with Gasteiger partial charge in [-0.3, -0.25) is 0 Å². The number of nitrogens with two attached hydrogens (primary N) is 2. The molecule has 0 aromatic heterocycles. The van der Waals surface area contributed by atoms with Crippen LogP contribution in [0.15, 0.2) is 0 Å². The Balaban J connectivity index is 2.35. The van der Waals surface area contributed by atoms with Gasteiger partial charge in [-0.1, -0.05) is 0 Å². The molecule has 0 saturated carbocycles. The van der Waals surface area contributed by atoms with Gasteiger partial charge in [0.25, 0.3) is 0 Å². The molecule has 0 spiro atoms. The lowest BCUT2D eigenvalue weighted by atomic mass is 10.1. The van der Waals surface area contributed by atoms with E-state index >= 15 is 0 Å². The second kappa shape index (κ2) is 4.30. The lowest BCUT2D eigenvalue weighted by Gasteiger charge is -2.22. The van der Waals surface area contributed by atoms with Crippen molar-refractivity contribution in [3.63, 3.8) is 0 Å². The highest BCUT2D eigenvalue weighted by atomic mass is 16.2. The second-order valence-electron chi connectivity index (χ2n) is 3.26. The van der Waals surface area contributed by atoms with Gasteiger partial charge in [-0.2, -0.15) is 0 Å². The Kier molecular flexibility index (Phi) is 3.34. The second-order valence-corrected chi connectivity index (χ2v) is 3.26. The van der Waals surface area contributed by atoms with Gasteiger partial charge in [0, 0.05) is 12.6 Å². The zero-order valence-electron chi connectivity index (χ0n) is 7.33. The van der Waals surface area contributed by atoms with E-state index in [-0.39, 0.29) is 6.03 Å². The summed E-state index contributed by atoms with van der Waals surface area (Å²) in [6.07, 6.45) is 4.15. The molecule has 1 unspecified atom stereocenters. The van der Waals surface area contributed by atoms with E-state index in [1.807, 2.05) is 0 Å². The lowest BCUT2D eigenvalue weighted by molar-refractivity contribution is 0.199. The number of hydrogen-bond donors (Lipinski definition) is 2. The number of carbonyl (C=O) groups excluding carboxylic acids is 1. The number of amides is 2. The van der Waals surface area contributed by atoms with E-state index in [1.54, 1.807) is 4.90 Å². The number of likely N-dealkylation sites (tertiary alicyclic amines) is 1. The molecular weight excluding hydrogens is 154 g/mol. The molecule has 1 heterocycles. The molecule has 70 valence electrons. The molecule has 1 aliphatic rings. The van der Waals surface area contributed by atoms with Crippen molar-refractivity contribution in [2.45, 2.75) is 31.7 Å². The Hall–Kier alpha value is -0.770. The van der Waals surface area contributed by atoms with Gasteiger partial charge in [0.05, 0.1) is 0 Å². The van der Waals surface area contributed by atoms with Gasteiger partial charge >= 0.3 is 6.03 Å². The van der Waals surface area contributed by atoms with Crippen molar-refractivity contribution in [1.82, 2.24) is 4.90 Å². The van der Waals surface area contributed by atoms with Crippen LogP contribution in [0.1, 0.15) is 25.7 Å². The first-order chi connectivity index (χ1) is 5.75. The topological polar surface area (TPSA) is 72.3 Å². The molecule has 2 amide bonds. The van der Waals surface area contributed by atoms with Crippen LogP contribution in [0.5, 0.6) is 0 Å². The predicted molar refractivity (Wildman–Crippen MR) is 47.6 cm³/mol. The monoisotopic (exact) mass is 171 g/mol. The van der Waals surface area contributed by atoms with Crippen molar-refractivity contribution in [2.75, 3.05) is 13.1 Å². The van der Waals surface area contributed by atoms with Crippen LogP contribution < -0.4 is 11.5 Å². The largest absolute Gasteiger partial charge is 0.351 e. The molecule has 1 saturated heterocycles. The maximum atomic E-state index is 10.9. The van der Waals surface area contributed by atoms with Gasteiger partial charge in [0.15, 0.2) is 0 Å². The highest BCUT2D eigenvalue weighted by Gasteiger charge is 2.25. The van der Waals surface area contributed by atoms with Crippen molar-refractivity contribution in [3.8, 4) is 0 Å². The van der Waals surface area contributed by atoms with Crippen molar-refractivity contribution in [1.29, 1.82) is 0 Å². The Bertz CT molecular complexity index is 160. The molecule has 0 bridgehead atoms. The van der Waals surface area contributed by atoms with Gasteiger partial charge in [0.2, 0.25) is 0 Å². The molecule has 1 rings (SSSR count). The predicted octanol–water partition coefficient (Wildman–Crippen LogP) is 0.268. The summed E-state index contributed by atoms with van der Waals surface area (Å²) in [4.78, 5) is 12.7. The third-order valence-corrected chi connectivity index (χ3v) is 2.40. The molecule has 12 heavy (non-hydrogen) atoms. The minimum absolute atomic E-state index is 0.283. The van der Waals surface area contributed by atoms with Crippen LogP contribution in [0, 0.1) is 0 Å². The van der Waals surface area contributed by atoms with E-state index in [0.29, 0.717) is 12.6 Å². The van der Waals surface area contributed by atoms with Gasteiger partial charge < -0.3 is 16.4 Å². The van der Waals surface area contributed by atoms with Gasteiger partial charge in [0.1, 0.15) is 0 Å². The third-order valence-electron chi connectivity index (χ3n) is 2.40. The van der Waals surface area contributed by atoms with E-state index in [2.05, 4.69) is 0 Å². The summed E-state index contributed by atoms with van der Waals surface area (Å²) in [5, 5.41) is 0. The molecule has 0 radical (unpaired) electrons. The van der Waals surface area contributed by atoms with E-state index in [0.717, 1.165) is 32.2 Å². The Morgan fingerprint density at radius 1 is 1.58 bits per heavy atom. The first kappa shape index (κ1) is 9.32. The van der Waals surface area contributed by atoms with E-state index in [4.69, 9.17) is 11.5 Å². The highest BCUT2D eigenvalue weighted by molar-refractivity contribution is 5.72. The number of primary amides is 1. The molecule has 0 aromatic carbocycles. The molecule has 0 aliphatic carbocycles. The summed E-state index contributed by atoms with van der Waals surface area (Å²) in [7, 11) is 0. The molecule has 1 fully saturated rings. The Morgan fingerprint density at radius 3 is 2.92 bits per heavy atom. The maximum absolute atomic E-state index is 10.9. The maximum Gasteiger partial charge on any atom is 0.315 e. The van der Waals surface area contributed by atoms with Crippen LogP contribution >= 0.6 is 0 Å². The fourth-order valence-corrected chi connectivity index (χ4v) is 1.78. The van der Waals surface area contributed by atoms with E-state index in [1.165, 1.54) is 0 Å². The SMILES string of the molecule is NCCCC1CCCN1C(N)=O. The van der Waals surface area contributed by atoms with Crippen molar-refractivity contribution in [2.24, 2.45) is 11.5 Å². The number of hydrogen-bond acceptors (Lipinski definition) is 2. The van der Waals surface area contributed by atoms with Crippen LogP contribution in [0.3, 0.4) is 0 Å². The summed E-state index contributed by atoms with van der Waals surface area (Å²) in [5.74, 6) is 0. The molecule has 4 nitrogen and oxygen atoms in total. The Labute approximate surface area is 72.9 Å². The highest BCUT2D eigenvalue weighted by Crippen LogP contribution is 2.20. The number of carbonyl (C=O) groups is 1. The minimum atomic E-state index is -0.283. The fourth-order valence-electron chi connectivity index (χ4n) is 1.78. The fraction of sp³-hybridized carbons (Fsp3) is 0.875.